The summed E-state index contributed by atoms with van der Waals surface area (Å²) in [6.07, 6.45) is 0.00262. The minimum Gasteiger partial charge on any atom is -0.502 e. The van der Waals surface area contributed by atoms with Gasteiger partial charge in [0.1, 0.15) is 17.3 Å². The average Bonchev–Trinajstić information content (AvgIpc) is 2.74. The first-order chi connectivity index (χ1) is 13.9. The van der Waals surface area contributed by atoms with Crippen molar-refractivity contribution in [3.05, 3.63) is 51.6 Å². The summed E-state index contributed by atoms with van der Waals surface area (Å²) >= 11 is 0. The molecule has 1 amide bonds. The Hall–Kier alpha value is -3.00. The number of rotatable bonds is 6. The lowest BCUT2D eigenvalue weighted by Gasteiger charge is -2.29. The zero-order valence-electron chi connectivity index (χ0n) is 16.8. The third kappa shape index (κ3) is 4.54. The van der Waals surface area contributed by atoms with Gasteiger partial charge in [0.05, 0.1) is 33.4 Å². The highest BCUT2D eigenvalue weighted by Gasteiger charge is 2.30. The van der Waals surface area contributed by atoms with Crippen LogP contribution in [0.2, 0.25) is 0 Å². The highest BCUT2D eigenvalue weighted by Crippen LogP contribution is 2.39. The zero-order chi connectivity index (χ0) is 21.0. The number of aromatic hydroxyl groups is 1. The molecule has 0 unspecified atom stereocenters. The van der Waals surface area contributed by atoms with Crippen molar-refractivity contribution in [1.29, 1.82) is 0 Å². The fourth-order valence-corrected chi connectivity index (χ4v) is 3.43. The van der Waals surface area contributed by atoms with Crippen LogP contribution in [0.25, 0.3) is 0 Å². The molecular weight excluding hydrogens is 378 g/mol. The number of hydrogen-bond donors (Lipinski definition) is 1. The van der Waals surface area contributed by atoms with E-state index in [2.05, 4.69) is 0 Å². The summed E-state index contributed by atoms with van der Waals surface area (Å²) in [4.78, 5) is 26.8. The maximum absolute atomic E-state index is 13.0. The van der Waals surface area contributed by atoms with Gasteiger partial charge in [-0.25, -0.2) is 0 Å². The lowest BCUT2D eigenvalue weighted by atomic mass is 9.90. The molecule has 2 aromatic rings. The average molecular weight is 403 g/mol. The Kier molecular flexibility index (Phi) is 6.43. The van der Waals surface area contributed by atoms with Gasteiger partial charge >= 0.3 is 0 Å². The Labute approximate surface area is 168 Å². The minimum absolute atomic E-state index is 0.00262. The molecule has 1 aliphatic heterocycles. The Morgan fingerprint density at radius 3 is 2.59 bits per heavy atom. The van der Waals surface area contributed by atoms with E-state index in [4.69, 9.17) is 18.6 Å². The number of ether oxygens (including phenoxy) is 3. The first-order valence-corrected chi connectivity index (χ1v) is 9.35. The van der Waals surface area contributed by atoms with Gasteiger partial charge in [0.2, 0.25) is 17.1 Å². The van der Waals surface area contributed by atoms with Crippen molar-refractivity contribution in [2.45, 2.75) is 19.3 Å². The molecule has 156 valence electrons. The molecular formula is C21H25NO7. The van der Waals surface area contributed by atoms with Gasteiger partial charge in [-0.1, -0.05) is 6.07 Å². The Bertz CT molecular complexity index is 931. The van der Waals surface area contributed by atoms with E-state index >= 15 is 0 Å². The number of amides is 1. The second-order valence-corrected chi connectivity index (χ2v) is 6.79. The van der Waals surface area contributed by atoms with Crippen LogP contribution in [-0.2, 0) is 9.53 Å². The van der Waals surface area contributed by atoms with Gasteiger partial charge in [0.15, 0.2) is 5.76 Å². The largest absolute Gasteiger partial charge is 0.502 e. The third-order valence-electron chi connectivity index (χ3n) is 4.95. The van der Waals surface area contributed by atoms with Crippen molar-refractivity contribution in [3.8, 4) is 17.2 Å². The predicted octanol–water partition coefficient (Wildman–Crippen LogP) is 2.05. The Morgan fingerprint density at radius 2 is 1.93 bits per heavy atom. The predicted molar refractivity (Wildman–Crippen MR) is 105 cm³/mol. The van der Waals surface area contributed by atoms with Gasteiger partial charge < -0.3 is 28.6 Å². The van der Waals surface area contributed by atoms with Crippen LogP contribution in [0.4, 0.5) is 0 Å². The van der Waals surface area contributed by atoms with E-state index in [0.717, 1.165) is 0 Å². The maximum atomic E-state index is 13.0. The molecule has 0 bridgehead atoms. The van der Waals surface area contributed by atoms with E-state index in [9.17, 15) is 14.7 Å². The van der Waals surface area contributed by atoms with Crippen LogP contribution < -0.4 is 14.9 Å². The van der Waals surface area contributed by atoms with E-state index in [1.165, 1.54) is 13.2 Å². The standard InChI is InChI=1S/C21H25NO7/c1-13-10-17(23)20(25)21(29-13)16(12-19(24)22-6-8-28-9-7-22)15-5-4-14(26-2)11-18(15)27-3/h4-5,10-11,16,25H,6-9,12H2,1-3H3/t16-/m1/s1. The van der Waals surface area contributed by atoms with Crippen molar-refractivity contribution in [1.82, 2.24) is 4.90 Å². The topological polar surface area (TPSA) is 98.4 Å². The number of benzene rings is 1. The molecule has 1 saturated heterocycles. The Morgan fingerprint density at radius 1 is 1.21 bits per heavy atom. The normalized spacial score (nSPS) is 15.1. The Balaban J connectivity index is 2.07. The van der Waals surface area contributed by atoms with Gasteiger partial charge in [-0.2, -0.15) is 0 Å². The molecule has 2 heterocycles. The second kappa shape index (κ2) is 9.00. The number of methoxy groups -OCH3 is 2. The van der Waals surface area contributed by atoms with E-state index in [-0.39, 0.29) is 18.1 Å². The quantitative estimate of drug-likeness (QED) is 0.788. The summed E-state index contributed by atoms with van der Waals surface area (Å²) in [7, 11) is 3.05. The summed E-state index contributed by atoms with van der Waals surface area (Å²) in [6, 6.07) is 6.38. The number of aryl methyl sites for hydroxylation is 1. The highest BCUT2D eigenvalue weighted by molar-refractivity contribution is 5.78. The molecule has 1 aromatic carbocycles. The fourth-order valence-electron chi connectivity index (χ4n) is 3.43. The number of nitrogens with zero attached hydrogens (tertiary/aromatic N) is 1. The third-order valence-corrected chi connectivity index (χ3v) is 4.95. The van der Waals surface area contributed by atoms with E-state index in [0.29, 0.717) is 49.1 Å². The smallest absolute Gasteiger partial charge is 0.227 e. The van der Waals surface area contributed by atoms with Crippen molar-refractivity contribution >= 4 is 5.91 Å². The molecule has 8 heteroatoms. The molecule has 1 atom stereocenters. The second-order valence-electron chi connectivity index (χ2n) is 6.79. The fraction of sp³-hybridized carbons (Fsp3) is 0.429. The molecule has 0 radical (unpaired) electrons. The van der Waals surface area contributed by atoms with Gasteiger partial charge in [-0.05, 0) is 13.0 Å². The zero-order valence-corrected chi connectivity index (χ0v) is 16.8. The monoisotopic (exact) mass is 403 g/mol. The number of morpholine rings is 1. The van der Waals surface area contributed by atoms with Crippen LogP contribution in [0.5, 0.6) is 17.2 Å². The summed E-state index contributed by atoms with van der Waals surface area (Å²) < 4.78 is 21.8. The molecule has 8 nitrogen and oxygen atoms in total. The number of hydrogen-bond acceptors (Lipinski definition) is 7. The lowest BCUT2D eigenvalue weighted by molar-refractivity contribution is -0.135. The first-order valence-electron chi connectivity index (χ1n) is 9.35. The summed E-state index contributed by atoms with van der Waals surface area (Å²) in [5, 5.41) is 10.4. The maximum Gasteiger partial charge on any atom is 0.227 e. The summed E-state index contributed by atoms with van der Waals surface area (Å²) in [5.74, 6) is 0.0948. The molecule has 29 heavy (non-hydrogen) atoms. The molecule has 1 fully saturated rings. The van der Waals surface area contributed by atoms with Crippen LogP contribution in [0.3, 0.4) is 0 Å². The van der Waals surface area contributed by atoms with Gasteiger partial charge in [0, 0.05) is 37.2 Å². The van der Waals surface area contributed by atoms with Gasteiger partial charge in [-0.15, -0.1) is 0 Å². The first kappa shape index (κ1) is 20.7. The minimum atomic E-state index is -0.709. The van der Waals surface area contributed by atoms with Crippen LogP contribution in [0.1, 0.15) is 29.4 Å². The van der Waals surface area contributed by atoms with Gasteiger partial charge in [-0.3, -0.25) is 9.59 Å². The number of carbonyl (C=O) groups excluding carboxylic acids is 1. The SMILES string of the molecule is COc1ccc([C@@H](CC(=O)N2CCOCC2)c2oc(C)cc(=O)c2O)c(OC)c1. The summed E-state index contributed by atoms with van der Waals surface area (Å²) in [6.45, 7) is 3.57. The highest BCUT2D eigenvalue weighted by atomic mass is 16.5. The van der Waals surface area contributed by atoms with Crippen molar-refractivity contribution in [2.24, 2.45) is 0 Å². The van der Waals surface area contributed by atoms with Crippen molar-refractivity contribution in [2.75, 3.05) is 40.5 Å². The molecule has 1 aliphatic rings. The molecule has 1 aromatic heterocycles. The molecule has 0 saturated carbocycles. The lowest BCUT2D eigenvalue weighted by Crippen LogP contribution is -2.41. The molecule has 1 N–H and O–H groups in total. The molecule has 3 rings (SSSR count). The molecule has 0 aliphatic carbocycles. The molecule has 0 spiro atoms. The van der Waals surface area contributed by atoms with Crippen LogP contribution >= 0.6 is 0 Å². The number of carbonyl (C=O) groups is 1. The van der Waals surface area contributed by atoms with Crippen molar-refractivity contribution in [3.63, 3.8) is 0 Å². The van der Waals surface area contributed by atoms with E-state index < -0.39 is 17.1 Å². The van der Waals surface area contributed by atoms with Crippen LogP contribution in [0.15, 0.2) is 33.5 Å². The van der Waals surface area contributed by atoms with E-state index in [1.54, 1.807) is 37.1 Å². The van der Waals surface area contributed by atoms with E-state index in [1.807, 2.05) is 0 Å². The van der Waals surface area contributed by atoms with Crippen LogP contribution in [0, 0.1) is 6.92 Å². The van der Waals surface area contributed by atoms with Gasteiger partial charge in [0.25, 0.3) is 0 Å². The van der Waals surface area contributed by atoms with Crippen molar-refractivity contribution < 1.29 is 28.5 Å². The van der Waals surface area contributed by atoms with Crippen LogP contribution in [-0.4, -0.2) is 56.4 Å². The summed E-state index contributed by atoms with van der Waals surface area (Å²) in [5.41, 5.74) is 0.0546.